The molecule has 25 heavy (non-hydrogen) atoms. The van der Waals surface area contributed by atoms with E-state index in [0.717, 1.165) is 0 Å². The second-order valence-electron chi connectivity index (χ2n) is 4.91. The summed E-state index contributed by atoms with van der Waals surface area (Å²) in [4.78, 5) is 24.3. The molecule has 0 bridgehead atoms. The maximum Gasteiger partial charge on any atom is 0.323 e. The van der Waals surface area contributed by atoms with Gasteiger partial charge < -0.3 is 21.1 Å². The van der Waals surface area contributed by atoms with E-state index in [-0.39, 0.29) is 18.7 Å². The average molecular weight is 447 g/mol. The lowest BCUT2D eigenvalue weighted by Gasteiger charge is -2.13. The summed E-state index contributed by atoms with van der Waals surface area (Å²) in [5.74, 6) is -0.414. The van der Waals surface area contributed by atoms with Crippen molar-refractivity contribution in [1.82, 2.24) is 5.32 Å². The third-order valence-corrected chi connectivity index (χ3v) is 3.92. The zero-order valence-corrected chi connectivity index (χ0v) is 15.9. The molecule has 9 heteroatoms. The van der Waals surface area contributed by atoms with E-state index in [1.54, 1.807) is 36.4 Å². The van der Waals surface area contributed by atoms with Crippen LogP contribution in [0, 0.1) is 0 Å². The van der Waals surface area contributed by atoms with E-state index < -0.39 is 11.9 Å². The second-order valence-corrected chi connectivity index (χ2v) is 6.70. The highest BCUT2D eigenvalue weighted by atomic mass is 79.9. The zero-order chi connectivity index (χ0) is 18.4. The van der Waals surface area contributed by atoms with Crippen LogP contribution in [0.15, 0.2) is 40.9 Å². The van der Waals surface area contributed by atoms with Crippen molar-refractivity contribution >= 4 is 62.4 Å². The number of anilines is 2. The minimum absolute atomic E-state index is 0.113. The maximum atomic E-state index is 12.2. The lowest BCUT2D eigenvalue weighted by Crippen LogP contribution is -2.28. The Balaban J connectivity index is 2.16. The first kappa shape index (κ1) is 19.5. The Labute approximate surface area is 162 Å². The highest BCUT2D eigenvalue weighted by Crippen LogP contribution is 2.24. The molecule has 0 heterocycles. The molecular weight excluding hydrogens is 433 g/mol. The van der Waals surface area contributed by atoms with Gasteiger partial charge in [0.15, 0.2) is 0 Å². The van der Waals surface area contributed by atoms with Gasteiger partial charge in [0.05, 0.1) is 17.9 Å². The molecule has 0 unspecified atom stereocenters. The van der Waals surface area contributed by atoms with Crippen molar-refractivity contribution in [2.75, 3.05) is 23.8 Å². The minimum atomic E-state index is -0.562. The van der Waals surface area contributed by atoms with E-state index in [0.29, 0.717) is 25.9 Å². The third kappa shape index (κ3) is 5.89. The summed E-state index contributed by atoms with van der Waals surface area (Å²) in [6, 6.07) is 8.90. The monoisotopic (exact) mass is 445 g/mol. The van der Waals surface area contributed by atoms with Crippen LogP contribution in [-0.4, -0.2) is 30.2 Å². The number of benzene rings is 2. The molecule has 0 radical (unpaired) electrons. The standard InChI is InChI=1S/C16H14BrCl2N3O3/c17-9-1-2-13(15(24)20-3-4-23)14(5-9)22-16(25)21-12-7-10(18)6-11(19)8-12/h1-2,5-8,23H,3-4H2,(H,20,24)(H2,21,22,25). The zero-order valence-electron chi connectivity index (χ0n) is 12.8. The smallest absolute Gasteiger partial charge is 0.323 e. The Morgan fingerprint density at radius 1 is 1.04 bits per heavy atom. The maximum absolute atomic E-state index is 12.2. The fourth-order valence-corrected chi connectivity index (χ4v) is 2.88. The number of urea groups is 1. The van der Waals surface area contributed by atoms with Gasteiger partial charge in [0.1, 0.15) is 0 Å². The molecule has 0 aliphatic carbocycles. The first-order valence-corrected chi connectivity index (χ1v) is 8.66. The first-order valence-electron chi connectivity index (χ1n) is 7.12. The van der Waals surface area contributed by atoms with Gasteiger partial charge in [-0.05, 0) is 36.4 Å². The molecule has 2 aromatic rings. The molecule has 0 aliphatic heterocycles. The molecule has 132 valence electrons. The lowest BCUT2D eigenvalue weighted by molar-refractivity contribution is 0.0945. The predicted octanol–water partition coefficient (Wildman–Crippen LogP) is 4.12. The molecule has 0 saturated heterocycles. The molecule has 0 saturated carbocycles. The van der Waals surface area contributed by atoms with Crippen LogP contribution in [0.1, 0.15) is 10.4 Å². The van der Waals surface area contributed by atoms with Crippen LogP contribution in [-0.2, 0) is 0 Å². The molecular formula is C16H14BrCl2N3O3. The molecule has 3 amide bonds. The molecule has 0 aliphatic rings. The number of amides is 3. The number of aliphatic hydroxyl groups excluding tert-OH is 1. The van der Waals surface area contributed by atoms with Crippen LogP contribution in [0.5, 0.6) is 0 Å². The Kier molecular flexibility index (Phi) is 7.07. The van der Waals surface area contributed by atoms with Crippen LogP contribution in [0.3, 0.4) is 0 Å². The van der Waals surface area contributed by atoms with Gasteiger partial charge in [0, 0.05) is 26.8 Å². The number of hydrogen-bond acceptors (Lipinski definition) is 3. The van der Waals surface area contributed by atoms with E-state index in [9.17, 15) is 9.59 Å². The highest BCUT2D eigenvalue weighted by Gasteiger charge is 2.14. The summed E-state index contributed by atoms with van der Waals surface area (Å²) in [5, 5.41) is 17.3. The predicted molar refractivity (Wildman–Crippen MR) is 103 cm³/mol. The Bertz CT molecular complexity index is 782. The average Bonchev–Trinajstić information content (AvgIpc) is 2.51. The Morgan fingerprint density at radius 3 is 2.36 bits per heavy atom. The number of halogens is 3. The second kappa shape index (κ2) is 9.05. The van der Waals surface area contributed by atoms with E-state index in [1.165, 1.54) is 0 Å². The lowest BCUT2D eigenvalue weighted by atomic mass is 10.1. The molecule has 2 aromatic carbocycles. The van der Waals surface area contributed by atoms with Crippen molar-refractivity contribution in [2.45, 2.75) is 0 Å². The van der Waals surface area contributed by atoms with Crippen molar-refractivity contribution in [3.05, 3.63) is 56.5 Å². The van der Waals surface area contributed by atoms with Crippen molar-refractivity contribution in [1.29, 1.82) is 0 Å². The number of carbonyl (C=O) groups excluding carboxylic acids is 2. The van der Waals surface area contributed by atoms with Crippen LogP contribution in [0.4, 0.5) is 16.2 Å². The van der Waals surface area contributed by atoms with Gasteiger partial charge >= 0.3 is 6.03 Å². The van der Waals surface area contributed by atoms with Crippen LogP contribution in [0.25, 0.3) is 0 Å². The summed E-state index contributed by atoms with van der Waals surface area (Å²) in [6.07, 6.45) is 0. The summed E-state index contributed by atoms with van der Waals surface area (Å²) in [7, 11) is 0. The number of rotatable bonds is 5. The molecule has 0 atom stereocenters. The van der Waals surface area contributed by atoms with Crippen molar-refractivity contribution in [2.24, 2.45) is 0 Å². The summed E-state index contributed by atoms with van der Waals surface area (Å²) in [6.45, 7) is -0.0669. The van der Waals surface area contributed by atoms with E-state index >= 15 is 0 Å². The fourth-order valence-electron chi connectivity index (χ4n) is 1.99. The van der Waals surface area contributed by atoms with Gasteiger partial charge in [-0.2, -0.15) is 0 Å². The topological polar surface area (TPSA) is 90.5 Å². The third-order valence-electron chi connectivity index (χ3n) is 2.99. The van der Waals surface area contributed by atoms with Crippen molar-refractivity contribution in [3.8, 4) is 0 Å². The minimum Gasteiger partial charge on any atom is -0.395 e. The molecule has 0 aromatic heterocycles. The van der Waals surface area contributed by atoms with Gasteiger partial charge in [0.2, 0.25) is 0 Å². The Morgan fingerprint density at radius 2 is 1.72 bits per heavy atom. The highest BCUT2D eigenvalue weighted by molar-refractivity contribution is 9.10. The van der Waals surface area contributed by atoms with Gasteiger partial charge in [-0.3, -0.25) is 4.79 Å². The molecule has 2 rings (SSSR count). The summed E-state index contributed by atoms with van der Waals surface area (Å²) in [5.41, 5.74) is 0.975. The number of carbonyl (C=O) groups is 2. The first-order chi connectivity index (χ1) is 11.9. The van der Waals surface area contributed by atoms with Crippen LogP contribution in [0.2, 0.25) is 10.0 Å². The van der Waals surface area contributed by atoms with Gasteiger partial charge in [-0.1, -0.05) is 39.1 Å². The number of hydrogen-bond donors (Lipinski definition) is 4. The SMILES string of the molecule is O=C(Nc1cc(Cl)cc(Cl)c1)Nc1cc(Br)ccc1C(=O)NCCO. The molecule has 6 nitrogen and oxygen atoms in total. The van der Waals surface area contributed by atoms with Crippen molar-refractivity contribution < 1.29 is 14.7 Å². The van der Waals surface area contributed by atoms with Gasteiger partial charge in [-0.15, -0.1) is 0 Å². The number of nitrogens with one attached hydrogen (secondary N) is 3. The molecule has 0 spiro atoms. The van der Waals surface area contributed by atoms with E-state index in [2.05, 4.69) is 31.9 Å². The molecule has 0 fully saturated rings. The Hall–Kier alpha value is -1.80. The van der Waals surface area contributed by atoms with Gasteiger partial charge in [-0.25, -0.2) is 4.79 Å². The summed E-state index contributed by atoms with van der Waals surface area (Å²) >= 11 is 15.1. The number of aliphatic hydroxyl groups is 1. The molecule has 4 N–H and O–H groups in total. The fraction of sp³-hybridized carbons (Fsp3) is 0.125. The summed E-state index contributed by atoms with van der Waals surface area (Å²) < 4.78 is 0.687. The van der Waals surface area contributed by atoms with Crippen LogP contribution < -0.4 is 16.0 Å². The largest absolute Gasteiger partial charge is 0.395 e. The van der Waals surface area contributed by atoms with Crippen molar-refractivity contribution in [3.63, 3.8) is 0 Å². The van der Waals surface area contributed by atoms with Gasteiger partial charge in [0.25, 0.3) is 5.91 Å². The van der Waals surface area contributed by atoms with E-state index in [4.69, 9.17) is 28.3 Å². The van der Waals surface area contributed by atoms with E-state index in [1.807, 2.05) is 0 Å². The normalized spacial score (nSPS) is 10.2. The van der Waals surface area contributed by atoms with Crippen LogP contribution >= 0.6 is 39.1 Å². The quantitative estimate of drug-likeness (QED) is 0.556.